The summed E-state index contributed by atoms with van der Waals surface area (Å²) < 4.78 is 0. The fraction of sp³-hybridized carbons (Fsp3) is 0.538. The lowest BCUT2D eigenvalue weighted by atomic mass is 9.84. The van der Waals surface area contributed by atoms with E-state index in [0.29, 0.717) is 5.91 Å². The lowest BCUT2D eigenvalue weighted by Gasteiger charge is -2.34. The highest BCUT2D eigenvalue weighted by Crippen LogP contribution is 2.32. The Balaban J connectivity index is 1.89. The van der Waals surface area contributed by atoms with E-state index in [4.69, 9.17) is 0 Å². The van der Waals surface area contributed by atoms with Gasteiger partial charge in [-0.2, -0.15) is 0 Å². The Morgan fingerprint density at radius 1 is 1.38 bits per heavy atom. The first-order valence-corrected chi connectivity index (χ1v) is 6.11. The first kappa shape index (κ1) is 9.82. The Hall–Kier alpha value is -1.38. The maximum Gasteiger partial charge on any atom is 0.230 e. The Kier molecular flexibility index (Phi) is 2.39. The second-order valence-electron chi connectivity index (χ2n) is 4.69. The van der Waals surface area contributed by atoms with Crippen LogP contribution in [0.25, 0.3) is 0 Å². The monoisotopic (exact) mass is 216 g/mol. The van der Waals surface area contributed by atoms with Gasteiger partial charge < -0.3 is 4.90 Å². The zero-order valence-corrected chi connectivity index (χ0v) is 9.35. The molecule has 0 bridgehead atoms. The highest BCUT2D eigenvalue weighted by Gasteiger charge is 2.32. The third-order valence-corrected chi connectivity index (χ3v) is 3.67. The minimum atomic E-state index is 0.283. The van der Waals surface area contributed by atoms with E-state index >= 15 is 0 Å². The largest absolute Gasteiger partial charge is 0.310 e. The van der Waals surface area contributed by atoms with Crippen molar-refractivity contribution in [1.29, 1.82) is 0 Å². The van der Waals surface area contributed by atoms with Crippen LogP contribution in [0.1, 0.15) is 31.4 Å². The average Bonchev–Trinajstić information content (AvgIpc) is 2.26. The number of aryl methyl sites for hydroxylation is 1. The normalized spacial score (nSPS) is 20.1. The number of fused-ring (bicyclic) bond motifs is 1. The molecular formula is C13H16N2O. The summed E-state index contributed by atoms with van der Waals surface area (Å²) in [5.74, 6) is 0.603. The molecule has 3 heteroatoms. The molecule has 16 heavy (non-hydrogen) atoms. The van der Waals surface area contributed by atoms with Crippen LogP contribution in [0.2, 0.25) is 0 Å². The van der Waals surface area contributed by atoms with E-state index in [0.717, 1.165) is 43.6 Å². The van der Waals surface area contributed by atoms with Crippen LogP contribution in [0.4, 0.5) is 5.69 Å². The molecule has 1 aliphatic carbocycles. The molecule has 0 spiro atoms. The van der Waals surface area contributed by atoms with Crippen LogP contribution < -0.4 is 4.90 Å². The third kappa shape index (κ3) is 1.51. The number of rotatable bonds is 1. The third-order valence-electron chi connectivity index (χ3n) is 3.67. The van der Waals surface area contributed by atoms with Crippen LogP contribution in [-0.4, -0.2) is 17.4 Å². The summed E-state index contributed by atoms with van der Waals surface area (Å²) in [4.78, 5) is 18.6. The van der Waals surface area contributed by atoms with Gasteiger partial charge in [0.1, 0.15) is 0 Å². The number of aromatic nitrogens is 1. The maximum atomic E-state index is 12.2. The highest BCUT2D eigenvalue weighted by molar-refractivity contribution is 5.96. The van der Waals surface area contributed by atoms with Gasteiger partial charge in [-0.25, -0.2) is 0 Å². The average molecular weight is 216 g/mol. The quantitative estimate of drug-likeness (QED) is 0.720. The Morgan fingerprint density at radius 2 is 2.25 bits per heavy atom. The van der Waals surface area contributed by atoms with Crippen molar-refractivity contribution in [3.05, 3.63) is 24.0 Å². The molecular weight excluding hydrogens is 200 g/mol. The second-order valence-corrected chi connectivity index (χ2v) is 4.69. The van der Waals surface area contributed by atoms with Crippen LogP contribution in [0.3, 0.4) is 0 Å². The first-order valence-electron chi connectivity index (χ1n) is 6.11. The van der Waals surface area contributed by atoms with Crippen molar-refractivity contribution >= 4 is 11.6 Å². The topological polar surface area (TPSA) is 33.2 Å². The predicted octanol–water partition coefficient (Wildman–Crippen LogP) is 2.16. The number of amides is 1. The Morgan fingerprint density at radius 3 is 3.00 bits per heavy atom. The Labute approximate surface area is 95.5 Å². The molecule has 0 atom stereocenters. The van der Waals surface area contributed by atoms with Gasteiger partial charge >= 0.3 is 0 Å². The minimum Gasteiger partial charge on any atom is -0.310 e. The van der Waals surface area contributed by atoms with Gasteiger partial charge in [-0.15, -0.1) is 0 Å². The van der Waals surface area contributed by atoms with Crippen molar-refractivity contribution in [1.82, 2.24) is 4.98 Å². The fourth-order valence-corrected chi connectivity index (χ4v) is 2.50. The summed E-state index contributed by atoms with van der Waals surface area (Å²) in [5.41, 5.74) is 2.13. The van der Waals surface area contributed by atoms with Gasteiger partial charge in [0.05, 0.1) is 11.4 Å². The number of carbonyl (C=O) groups excluding carboxylic acids is 1. The van der Waals surface area contributed by atoms with Crippen LogP contribution in [0.15, 0.2) is 18.3 Å². The molecule has 0 radical (unpaired) electrons. The molecule has 84 valence electrons. The van der Waals surface area contributed by atoms with Gasteiger partial charge in [0.25, 0.3) is 0 Å². The van der Waals surface area contributed by atoms with Crippen LogP contribution in [0, 0.1) is 5.92 Å². The van der Waals surface area contributed by atoms with Crippen molar-refractivity contribution in [3.8, 4) is 0 Å². The molecule has 3 nitrogen and oxygen atoms in total. The molecule has 1 saturated carbocycles. The van der Waals surface area contributed by atoms with Crippen LogP contribution in [-0.2, 0) is 11.2 Å². The molecule has 2 aliphatic rings. The summed E-state index contributed by atoms with van der Waals surface area (Å²) in [6, 6.07) is 3.95. The van der Waals surface area contributed by atoms with E-state index in [2.05, 4.69) is 4.98 Å². The van der Waals surface area contributed by atoms with Gasteiger partial charge in [-0.1, -0.05) is 6.42 Å². The second kappa shape index (κ2) is 3.89. The standard InChI is InChI=1S/C13H16N2O/c16-13(10-4-1-5-10)15-9-3-6-11-12(15)7-2-8-14-11/h2,7-8,10H,1,3-6,9H2. The predicted molar refractivity (Wildman–Crippen MR) is 62.3 cm³/mol. The van der Waals surface area contributed by atoms with E-state index in [9.17, 15) is 4.79 Å². The van der Waals surface area contributed by atoms with Gasteiger partial charge in [0, 0.05) is 18.7 Å². The minimum absolute atomic E-state index is 0.283. The smallest absolute Gasteiger partial charge is 0.230 e. The fourth-order valence-electron chi connectivity index (χ4n) is 2.50. The van der Waals surface area contributed by atoms with Crippen molar-refractivity contribution < 1.29 is 4.79 Å². The van der Waals surface area contributed by atoms with Crippen molar-refractivity contribution in [3.63, 3.8) is 0 Å². The molecule has 1 aliphatic heterocycles. The van der Waals surface area contributed by atoms with Gasteiger partial charge in [-0.05, 0) is 37.8 Å². The zero-order chi connectivity index (χ0) is 11.0. The van der Waals surface area contributed by atoms with Gasteiger partial charge in [-0.3, -0.25) is 9.78 Å². The number of carbonyl (C=O) groups is 1. The molecule has 0 unspecified atom stereocenters. The molecule has 0 aromatic carbocycles. The number of hydrogen-bond acceptors (Lipinski definition) is 2. The number of pyridine rings is 1. The summed E-state index contributed by atoms with van der Waals surface area (Å²) in [6.07, 6.45) is 7.23. The van der Waals surface area contributed by atoms with E-state index in [1.807, 2.05) is 23.2 Å². The SMILES string of the molecule is O=C(C1CCC1)N1CCCc2ncccc21. The molecule has 0 N–H and O–H groups in total. The first-order chi connectivity index (χ1) is 7.86. The lowest BCUT2D eigenvalue weighted by Crippen LogP contribution is -2.42. The van der Waals surface area contributed by atoms with Crippen molar-refractivity contribution in [2.45, 2.75) is 32.1 Å². The number of nitrogens with zero attached hydrogens (tertiary/aromatic N) is 2. The summed E-state index contributed by atoms with van der Waals surface area (Å²) in [5, 5.41) is 0. The molecule has 3 rings (SSSR count). The molecule has 1 aromatic rings. The lowest BCUT2D eigenvalue weighted by molar-refractivity contribution is -0.124. The molecule has 1 fully saturated rings. The van der Waals surface area contributed by atoms with Crippen molar-refractivity contribution in [2.24, 2.45) is 5.92 Å². The summed E-state index contributed by atoms with van der Waals surface area (Å²) >= 11 is 0. The highest BCUT2D eigenvalue weighted by atomic mass is 16.2. The molecule has 0 saturated heterocycles. The van der Waals surface area contributed by atoms with Gasteiger partial charge in [0.15, 0.2) is 0 Å². The molecule has 1 aromatic heterocycles. The van der Waals surface area contributed by atoms with E-state index in [-0.39, 0.29) is 5.92 Å². The van der Waals surface area contributed by atoms with E-state index < -0.39 is 0 Å². The molecule has 2 heterocycles. The van der Waals surface area contributed by atoms with E-state index in [1.54, 1.807) is 0 Å². The summed E-state index contributed by atoms with van der Waals surface area (Å²) in [7, 11) is 0. The van der Waals surface area contributed by atoms with Crippen LogP contribution in [0.5, 0.6) is 0 Å². The number of anilines is 1. The van der Waals surface area contributed by atoms with Crippen molar-refractivity contribution in [2.75, 3.05) is 11.4 Å². The van der Waals surface area contributed by atoms with E-state index in [1.165, 1.54) is 6.42 Å². The maximum absolute atomic E-state index is 12.2. The van der Waals surface area contributed by atoms with Crippen LogP contribution >= 0.6 is 0 Å². The Bertz CT molecular complexity index is 412. The van der Waals surface area contributed by atoms with Gasteiger partial charge in [0.2, 0.25) is 5.91 Å². The zero-order valence-electron chi connectivity index (χ0n) is 9.35. The summed E-state index contributed by atoms with van der Waals surface area (Å²) in [6.45, 7) is 0.869. The molecule has 1 amide bonds. The number of hydrogen-bond donors (Lipinski definition) is 0.